The van der Waals surface area contributed by atoms with Crippen molar-refractivity contribution in [3.8, 4) is 11.5 Å². The number of benzene rings is 1. The van der Waals surface area contributed by atoms with E-state index in [2.05, 4.69) is 32.4 Å². The SMILES string of the molecule is CN=C(NCCCn1cccn1)N1CCc2cc(OC)c(OC)cc2C1.I. The summed E-state index contributed by atoms with van der Waals surface area (Å²) >= 11 is 0. The lowest BCUT2D eigenvalue weighted by molar-refractivity contribution is 0.345. The molecule has 1 aliphatic heterocycles. The maximum Gasteiger partial charge on any atom is 0.193 e. The molecule has 8 heteroatoms. The van der Waals surface area contributed by atoms with Gasteiger partial charge in [-0.3, -0.25) is 9.67 Å². The number of ether oxygens (including phenoxy) is 2. The van der Waals surface area contributed by atoms with Crippen LogP contribution in [-0.4, -0.2) is 55.0 Å². The molecule has 0 radical (unpaired) electrons. The van der Waals surface area contributed by atoms with Gasteiger partial charge in [-0.1, -0.05) is 0 Å². The molecule has 0 fully saturated rings. The Hall–Kier alpha value is -1.97. The molecule has 148 valence electrons. The Morgan fingerprint density at radius 2 is 1.96 bits per heavy atom. The predicted octanol–water partition coefficient (Wildman–Crippen LogP) is 2.54. The molecule has 1 N–H and O–H groups in total. The normalized spacial score (nSPS) is 13.6. The number of aliphatic imine (C=N–C) groups is 1. The zero-order chi connectivity index (χ0) is 18.4. The first kappa shape index (κ1) is 21.3. The molecule has 0 atom stereocenters. The summed E-state index contributed by atoms with van der Waals surface area (Å²) in [6.45, 7) is 3.51. The van der Waals surface area contributed by atoms with Gasteiger partial charge in [0, 0.05) is 45.6 Å². The van der Waals surface area contributed by atoms with Gasteiger partial charge in [-0.2, -0.15) is 5.10 Å². The summed E-state index contributed by atoms with van der Waals surface area (Å²) in [6, 6.07) is 6.11. The van der Waals surface area contributed by atoms with E-state index in [1.54, 1.807) is 20.4 Å². The van der Waals surface area contributed by atoms with Gasteiger partial charge in [0.1, 0.15) is 0 Å². The van der Waals surface area contributed by atoms with Gasteiger partial charge in [0.05, 0.1) is 14.2 Å². The van der Waals surface area contributed by atoms with Crippen molar-refractivity contribution in [2.75, 3.05) is 34.4 Å². The van der Waals surface area contributed by atoms with E-state index >= 15 is 0 Å². The van der Waals surface area contributed by atoms with Crippen molar-refractivity contribution in [2.24, 2.45) is 4.99 Å². The van der Waals surface area contributed by atoms with E-state index in [-0.39, 0.29) is 24.0 Å². The highest BCUT2D eigenvalue weighted by molar-refractivity contribution is 14.0. The highest BCUT2D eigenvalue weighted by atomic mass is 127. The minimum absolute atomic E-state index is 0. The van der Waals surface area contributed by atoms with E-state index in [9.17, 15) is 0 Å². The number of hydrogen-bond donors (Lipinski definition) is 1. The number of guanidine groups is 1. The van der Waals surface area contributed by atoms with Crippen LogP contribution in [0.25, 0.3) is 0 Å². The number of fused-ring (bicyclic) bond motifs is 1. The molecule has 2 heterocycles. The second-order valence-electron chi connectivity index (χ2n) is 6.24. The molecule has 0 amide bonds. The summed E-state index contributed by atoms with van der Waals surface area (Å²) in [7, 11) is 5.18. The minimum atomic E-state index is 0. The van der Waals surface area contributed by atoms with E-state index < -0.39 is 0 Å². The van der Waals surface area contributed by atoms with Crippen molar-refractivity contribution in [3.05, 3.63) is 41.7 Å². The van der Waals surface area contributed by atoms with Gasteiger partial charge in [0.25, 0.3) is 0 Å². The number of aryl methyl sites for hydroxylation is 1. The van der Waals surface area contributed by atoms with Crippen LogP contribution in [-0.2, 0) is 19.5 Å². The Morgan fingerprint density at radius 3 is 2.59 bits per heavy atom. The zero-order valence-electron chi connectivity index (χ0n) is 16.1. The van der Waals surface area contributed by atoms with Crippen LogP contribution in [0.15, 0.2) is 35.6 Å². The third-order valence-corrected chi connectivity index (χ3v) is 4.64. The molecular formula is C19H28IN5O2. The number of nitrogens with zero attached hydrogens (tertiary/aromatic N) is 4. The van der Waals surface area contributed by atoms with Crippen LogP contribution in [0.4, 0.5) is 0 Å². The summed E-state index contributed by atoms with van der Waals surface area (Å²) in [6.07, 6.45) is 5.75. The van der Waals surface area contributed by atoms with Gasteiger partial charge < -0.3 is 19.7 Å². The summed E-state index contributed by atoms with van der Waals surface area (Å²) in [5.74, 6) is 2.50. The molecule has 0 aliphatic carbocycles. The maximum absolute atomic E-state index is 5.44. The van der Waals surface area contributed by atoms with Crippen molar-refractivity contribution >= 4 is 29.9 Å². The molecular weight excluding hydrogens is 457 g/mol. The lowest BCUT2D eigenvalue weighted by Crippen LogP contribution is -2.44. The summed E-state index contributed by atoms with van der Waals surface area (Å²) in [5, 5.41) is 7.69. The third-order valence-electron chi connectivity index (χ3n) is 4.64. The van der Waals surface area contributed by atoms with Gasteiger partial charge in [0.2, 0.25) is 0 Å². The van der Waals surface area contributed by atoms with Gasteiger partial charge in [0.15, 0.2) is 17.5 Å². The molecule has 0 spiro atoms. The van der Waals surface area contributed by atoms with Crippen molar-refractivity contribution in [2.45, 2.75) is 25.9 Å². The van der Waals surface area contributed by atoms with Crippen molar-refractivity contribution in [1.29, 1.82) is 0 Å². The smallest absolute Gasteiger partial charge is 0.193 e. The van der Waals surface area contributed by atoms with Gasteiger partial charge in [-0.25, -0.2) is 0 Å². The fraction of sp³-hybridized carbons (Fsp3) is 0.474. The fourth-order valence-corrected chi connectivity index (χ4v) is 3.27. The molecule has 0 unspecified atom stereocenters. The molecule has 1 aromatic heterocycles. The second-order valence-corrected chi connectivity index (χ2v) is 6.24. The topological polar surface area (TPSA) is 63.9 Å². The Balaban J connectivity index is 0.00000261. The summed E-state index contributed by atoms with van der Waals surface area (Å²) in [5.41, 5.74) is 2.57. The molecule has 1 aliphatic rings. The van der Waals surface area contributed by atoms with Gasteiger partial charge >= 0.3 is 0 Å². The number of rotatable bonds is 6. The number of methoxy groups -OCH3 is 2. The average molecular weight is 485 g/mol. The molecule has 2 aromatic rings. The van der Waals surface area contributed by atoms with Crippen LogP contribution in [0.5, 0.6) is 11.5 Å². The number of hydrogen-bond acceptors (Lipinski definition) is 4. The Bertz CT molecular complexity index is 749. The van der Waals surface area contributed by atoms with Gasteiger partial charge in [-0.05, 0) is 42.2 Å². The average Bonchev–Trinajstić information content (AvgIpc) is 3.20. The molecule has 0 saturated carbocycles. The minimum Gasteiger partial charge on any atom is -0.493 e. The van der Waals surface area contributed by atoms with Crippen LogP contribution < -0.4 is 14.8 Å². The largest absolute Gasteiger partial charge is 0.493 e. The van der Waals surface area contributed by atoms with E-state index in [4.69, 9.17) is 9.47 Å². The van der Waals surface area contributed by atoms with Crippen molar-refractivity contribution < 1.29 is 9.47 Å². The summed E-state index contributed by atoms with van der Waals surface area (Å²) < 4.78 is 12.8. The first-order valence-electron chi connectivity index (χ1n) is 8.92. The Morgan fingerprint density at radius 1 is 1.22 bits per heavy atom. The molecule has 0 saturated heterocycles. The molecule has 1 aromatic carbocycles. The monoisotopic (exact) mass is 485 g/mol. The molecule has 7 nitrogen and oxygen atoms in total. The predicted molar refractivity (Wildman–Crippen MR) is 117 cm³/mol. The Labute approximate surface area is 177 Å². The summed E-state index contributed by atoms with van der Waals surface area (Å²) in [4.78, 5) is 6.73. The van der Waals surface area contributed by atoms with E-state index in [1.165, 1.54) is 11.1 Å². The standard InChI is InChI=1S/C19H27N5O2.HI/c1-20-19(21-7-4-9-24-10-5-8-22-24)23-11-6-15-12-17(25-2)18(26-3)13-16(15)14-23;/h5,8,10,12-13H,4,6-7,9,11,14H2,1-3H3,(H,20,21);1H. The lowest BCUT2D eigenvalue weighted by atomic mass is 9.99. The van der Waals surface area contributed by atoms with E-state index in [0.717, 1.165) is 56.5 Å². The van der Waals surface area contributed by atoms with Gasteiger partial charge in [-0.15, -0.1) is 24.0 Å². The van der Waals surface area contributed by atoms with Crippen molar-refractivity contribution in [3.63, 3.8) is 0 Å². The fourth-order valence-electron chi connectivity index (χ4n) is 3.27. The van der Waals surface area contributed by atoms with E-state index in [0.29, 0.717) is 0 Å². The number of nitrogens with one attached hydrogen (secondary N) is 1. The number of aromatic nitrogens is 2. The van der Waals surface area contributed by atoms with Crippen molar-refractivity contribution in [1.82, 2.24) is 20.0 Å². The zero-order valence-corrected chi connectivity index (χ0v) is 18.5. The highest BCUT2D eigenvalue weighted by Gasteiger charge is 2.21. The van der Waals surface area contributed by atoms with Crippen LogP contribution in [0.1, 0.15) is 17.5 Å². The number of halogens is 1. The lowest BCUT2D eigenvalue weighted by Gasteiger charge is -2.32. The van der Waals surface area contributed by atoms with E-state index in [1.807, 2.05) is 24.0 Å². The second kappa shape index (κ2) is 10.4. The third kappa shape index (κ3) is 5.27. The molecule has 3 rings (SSSR count). The maximum atomic E-state index is 5.44. The molecule has 0 bridgehead atoms. The van der Waals surface area contributed by atoms with Crippen LogP contribution in [0.2, 0.25) is 0 Å². The van der Waals surface area contributed by atoms with Crippen LogP contribution in [0.3, 0.4) is 0 Å². The van der Waals surface area contributed by atoms with Crippen LogP contribution in [0, 0.1) is 0 Å². The first-order valence-corrected chi connectivity index (χ1v) is 8.92. The Kier molecular flexibility index (Phi) is 8.21. The quantitative estimate of drug-likeness (QED) is 0.295. The highest BCUT2D eigenvalue weighted by Crippen LogP contribution is 2.33. The van der Waals surface area contributed by atoms with Crippen LogP contribution >= 0.6 is 24.0 Å². The molecule has 27 heavy (non-hydrogen) atoms. The first-order chi connectivity index (χ1) is 12.7.